The minimum absolute atomic E-state index is 0.275. The summed E-state index contributed by atoms with van der Waals surface area (Å²) in [5.74, 6) is 0.191. The first-order valence-corrected chi connectivity index (χ1v) is 5.59. The van der Waals surface area contributed by atoms with E-state index in [2.05, 4.69) is 14.7 Å². The van der Waals surface area contributed by atoms with E-state index in [4.69, 9.17) is 4.74 Å². The fraction of sp³-hybridized carbons (Fsp3) is 0.0714. The predicted molar refractivity (Wildman–Crippen MR) is 69.6 cm³/mol. The van der Waals surface area contributed by atoms with Crippen molar-refractivity contribution in [3.8, 4) is 11.8 Å². The van der Waals surface area contributed by atoms with Crippen LogP contribution in [0, 0.1) is 0 Å². The van der Waals surface area contributed by atoms with Crippen molar-refractivity contribution < 1.29 is 14.3 Å². The third-order valence-corrected chi connectivity index (χ3v) is 2.22. The molecule has 0 atom stereocenters. The van der Waals surface area contributed by atoms with E-state index in [1.54, 1.807) is 36.7 Å². The highest BCUT2D eigenvalue weighted by molar-refractivity contribution is 5.86. The van der Waals surface area contributed by atoms with Crippen LogP contribution in [0.4, 0.5) is 0 Å². The van der Waals surface area contributed by atoms with E-state index >= 15 is 0 Å². The van der Waals surface area contributed by atoms with Crippen LogP contribution in [0.1, 0.15) is 5.56 Å². The van der Waals surface area contributed by atoms with E-state index in [-0.39, 0.29) is 6.01 Å². The lowest BCUT2D eigenvalue weighted by atomic mass is 10.2. The topological polar surface area (TPSA) is 61.3 Å². The number of carbonyl (C=O) groups is 1. The number of nitrogens with zero attached hydrogens (tertiary/aromatic N) is 2. The van der Waals surface area contributed by atoms with Gasteiger partial charge in [0.25, 0.3) is 0 Å². The molecule has 19 heavy (non-hydrogen) atoms. The molecule has 2 aromatic rings. The van der Waals surface area contributed by atoms with Gasteiger partial charge in [-0.2, -0.15) is 0 Å². The van der Waals surface area contributed by atoms with Gasteiger partial charge in [-0.3, -0.25) is 0 Å². The molecule has 1 aromatic heterocycles. The van der Waals surface area contributed by atoms with Crippen LogP contribution in [-0.4, -0.2) is 23.0 Å². The molecule has 0 aliphatic heterocycles. The number of methoxy groups -OCH3 is 1. The maximum absolute atomic E-state index is 11.0. The second-order valence-electron chi connectivity index (χ2n) is 3.56. The van der Waals surface area contributed by atoms with Crippen molar-refractivity contribution >= 4 is 12.0 Å². The summed E-state index contributed by atoms with van der Waals surface area (Å²) in [5, 5.41) is 0. The van der Waals surface area contributed by atoms with Gasteiger partial charge in [-0.25, -0.2) is 14.8 Å². The Bertz CT molecular complexity index is 582. The van der Waals surface area contributed by atoms with Crippen molar-refractivity contribution in [2.24, 2.45) is 0 Å². The molecule has 0 saturated carbocycles. The smallest absolute Gasteiger partial charge is 0.330 e. The molecule has 0 unspecified atom stereocenters. The second kappa shape index (κ2) is 6.30. The zero-order valence-corrected chi connectivity index (χ0v) is 10.3. The van der Waals surface area contributed by atoms with E-state index in [1.807, 2.05) is 12.1 Å². The Labute approximate surface area is 110 Å². The Morgan fingerprint density at radius 2 is 2.00 bits per heavy atom. The zero-order valence-electron chi connectivity index (χ0n) is 10.3. The van der Waals surface area contributed by atoms with Crippen molar-refractivity contribution in [3.05, 3.63) is 54.4 Å². The standard InChI is InChI=1S/C14H12N2O3/c1-18-13(17)7-6-11-4-2-5-12(10-11)19-14-15-8-3-9-16-14/h2-10H,1H3/b7-6+. The molecule has 2 rings (SSSR count). The van der Waals surface area contributed by atoms with Gasteiger partial charge in [-0.05, 0) is 29.8 Å². The van der Waals surface area contributed by atoms with Crippen molar-refractivity contribution in [2.75, 3.05) is 7.11 Å². The Hall–Kier alpha value is -2.69. The number of carbonyl (C=O) groups excluding carboxylic acids is 1. The summed E-state index contributed by atoms with van der Waals surface area (Å²) in [7, 11) is 1.33. The van der Waals surface area contributed by atoms with Crippen LogP contribution < -0.4 is 4.74 Å². The largest absolute Gasteiger partial charge is 0.466 e. The molecule has 0 bridgehead atoms. The van der Waals surface area contributed by atoms with Crippen LogP contribution >= 0.6 is 0 Å². The monoisotopic (exact) mass is 256 g/mol. The van der Waals surface area contributed by atoms with Crippen LogP contribution in [0.2, 0.25) is 0 Å². The van der Waals surface area contributed by atoms with Crippen LogP contribution in [-0.2, 0) is 9.53 Å². The highest BCUT2D eigenvalue weighted by atomic mass is 16.5. The molecular formula is C14H12N2O3. The van der Waals surface area contributed by atoms with E-state index in [0.717, 1.165) is 5.56 Å². The summed E-state index contributed by atoms with van der Waals surface area (Å²) in [4.78, 5) is 18.9. The molecule has 1 heterocycles. The molecule has 0 radical (unpaired) electrons. The third-order valence-electron chi connectivity index (χ3n) is 2.22. The Morgan fingerprint density at radius 3 is 2.74 bits per heavy atom. The van der Waals surface area contributed by atoms with Gasteiger partial charge < -0.3 is 9.47 Å². The number of benzene rings is 1. The molecular weight excluding hydrogens is 244 g/mol. The van der Waals surface area contributed by atoms with E-state index in [1.165, 1.54) is 13.2 Å². The highest BCUT2D eigenvalue weighted by Crippen LogP contribution is 2.19. The van der Waals surface area contributed by atoms with Crippen LogP contribution in [0.5, 0.6) is 11.8 Å². The summed E-state index contributed by atoms with van der Waals surface area (Å²) >= 11 is 0. The number of hydrogen-bond acceptors (Lipinski definition) is 5. The number of aromatic nitrogens is 2. The first-order valence-electron chi connectivity index (χ1n) is 5.59. The van der Waals surface area contributed by atoms with E-state index < -0.39 is 5.97 Å². The molecule has 0 amide bonds. The summed E-state index contributed by atoms with van der Waals surface area (Å²) < 4.78 is 10.0. The van der Waals surface area contributed by atoms with Crippen LogP contribution in [0.25, 0.3) is 6.08 Å². The third kappa shape index (κ3) is 3.92. The van der Waals surface area contributed by atoms with Gasteiger partial charge in [0, 0.05) is 18.5 Å². The summed E-state index contributed by atoms with van der Waals surface area (Å²) in [6.45, 7) is 0. The Kier molecular flexibility index (Phi) is 4.23. The minimum Gasteiger partial charge on any atom is -0.466 e. The normalized spacial score (nSPS) is 10.4. The number of ether oxygens (including phenoxy) is 2. The molecule has 5 heteroatoms. The van der Waals surface area contributed by atoms with E-state index in [0.29, 0.717) is 5.75 Å². The summed E-state index contributed by atoms with van der Waals surface area (Å²) in [5.41, 5.74) is 0.818. The van der Waals surface area contributed by atoms with Crippen molar-refractivity contribution in [2.45, 2.75) is 0 Å². The molecule has 0 fully saturated rings. The lowest BCUT2D eigenvalue weighted by molar-refractivity contribution is -0.134. The molecule has 0 saturated heterocycles. The van der Waals surface area contributed by atoms with Gasteiger partial charge in [0.2, 0.25) is 0 Å². The average molecular weight is 256 g/mol. The molecule has 5 nitrogen and oxygen atoms in total. The van der Waals surface area contributed by atoms with Gasteiger partial charge in [0.1, 0.15) is 5.75 Å². The first-order chi connectivity index (χ1) is 9.28. The zero-order chi connectivity index (χ0) is 13.5. The lowest BCUT2D eigenvalue weighted by Gasteiger charge is -2.03. The van der Waals surface area contributed by atoms with Crippen molar-refractivity contribution in [3.63, 3.8) is 0 Å². The van der Waals surface area contributed by atoms with Gasteiger partial charge in [0.15, 0.2) is 0 Å². The van der Waals surface area contributed by atoms with Gasteiger partial charge in [0.05, 0.1) is 7.11 Å². The molecule has 0 spiro atoms. The number of hydrogen-bond donors (Lipinski definition) is 0. The van der Waals surface area contributed by atoms with Crippen LogP contribution in [0.3, 0.4) is 0 Å². The Balaban J connectivity index is 2.11. The summed E-state index contributed by atoms with van der Waals surface area (Å²) in [6, 6.07) is 9.20. The number of rotatable bonds is 4. The molecule has 96 valence electrons. The molecule has 0 N–H and O–H groups in total. The van der Waals surface area contributed by atoms with Gasteiger partial charge in [-0.15, -0.1) is 0 Å². The SMILES string of the molecule is COC(=O)/C=C/c1cccc(Oc2ncccn2)c1. The lowest BCUT2D eigenvalue weighted by Crippen LogP contribution is -1.93. The predicted octanol–water partition coefficient (Wildman–Crippen LogP) is 2.46. The first kappa shape index (κ1) is 12.8. The van der Waals surface area contributed by atoms with Gasteiger partial charge >= 0.3 is 12.0 Å². The average Bonchev–Trinajstić information content (AvgIpc) is 2.46. The molecule has 0 aliphatic rings. The van der Waals surface area contributed by atoms with E-state index in [9.17, 15) is 4.79 Å². The fourth-order valence-corrected chi connectivity index (χ4v) is 1.36. The summed E-state index contributed by atoms with van der Waals surface area (Å²) in [6.07, 6.45) is 6.19. The second-order valence-corrected chi connectivity index (χ2v) is 3.56. The maximum Gasteiger partial charge on any atom is 0.330 e. The number of esters is 1. The van der Waals surface area contributed by atoms with Crippen molar-refractivity contribution in [1.82, 2.24) is 9.97 Å². The quantitative estimate of drug-likeness (QED) is 0.621. The van der Waals surface area contributed by atoms with Gasteiger partial charge in [-0.1, -0.05) is 12.1 Å². The van der Waals surface area contributed by atoms with Crippen LogP contribution in [0.15, 0.2) is 48.8 Å². The maximum atomic E-state index is 11.0. The highest BCUT2D eigenvalue weighted by Gasteiger charge is 1.99. The minimum atomic E-state index is -0.405. The molecule has 0 aliphatic carbocycles. The fourth-order valence-electron chi connectivity index (χ4n) is 1.36. The van der Waals surface area contributed by atoms with Crippen molar-refractivity contribution in [1.29, 1.82) is 0 Å². The molecule has 1 aromatic carbocycles. The Morgan fingerprint density at radius 1 is 1.21 bits per heavy atom.